The minimum absolute atomic E-state index is 0.110. The standard InChI is InChI=1S/C14H29NO/c1-6-15(11(2)3)10-12-8-7-9-14(4,5)13(12)16/h11-13,16H,6-10H2,1-5H3. The fourth-order valence-corrected chi connectivity index (χ4v) is 2.96. The van der Waals surface area contributed by atoms with Crippen LogP contribution in [0.3, 0.4) is 0 Å². The van der Waals surface area contributed by atoms with Gasteiger partial charge in [0.2, 0.25) is 0 Å². The van der Waals surface area contributed by atoms with Crippen molar-refractivity contribution in [3.63, 3.8) is 0 Å². The van der Waals surface area contributed by atoms with Crippen molar-refractivity contribution in [3.8, 4) is 0 Å². The van der Waals surface area contributed by atoms with Gasteiger partial charge in [-0.25, -0.2) is 0 Å². The van der Waals surface area contributed by atoms with Crippen LogP contribution in [-0.2, 0) is 0 Å². The summed E-state index contributed by atoms with van der Waals surface area (Å²) in [5.41, 5.74) is 0.110. The predicted octanol–water partition coefficient (Wildman–Crippen LogP) is 2.90. The zero-order valence-corrected chi connectivity index (χ0v) is 11.7. The normalized spacial score (nSPS) is 30.0. The van der Waals surface area contributed by atoms with E-state index in [-0.39, 0.29) is 11.5 Å². The van der Waals surface area contributed by atoms with Gasteiger partial charge in [0.25, 0.3) is 0 Å². The van der Waals surface area contributed by atoms with Gasteiger partial charge in [0.15, 0.2) is 0 Å². The van der Waals surface area contributed by atoms with Gasteiger partial charge in [0.1, 0.15) is 0 Å². The molecular formula is C14H29NO. The molecule has 1 rings (SSSR count). The molecule has 2 heteroatoms. The number of hydrogen-bond acceptors (Lipinski definition) is 2. The molecule has 1 saturated carbocycles. The van der Waals surface area contributed by atoms with Crippen molar-refractivity contribution in [2.24, 2.45) is 11.3 Å². The topological polar surface area (TPSA) is 23.5 Å². The van der Waals surface area contributed by atoms with Crippen LogP contribution < -0.4 is 0 Å². The molecule has 1 N–H and O–H groups in total. The molecule has 0 aliphatic heterocycles. The zero-order valence-electron chi connectivity index (χ0n) is 11.7. The second kappa shape index (κ2) is 5.50. The van der Waals surface area contributed by atoms with Gasteiger partial charge in [-0.1, -0.05) is 27.2 Å². The van der Waals surface area contributed by atoms with Crippen molar-refractivity contribution in [2.45, 2.75) is 66.0 Å². The summed E-state index contributed by atoms with van der Waals surface area (Å²) in [6, 6.07) is 0.585. The van der Waals surface area contributed by atoms with Crippen LogP contribution in [0.25, 0.3) is 0 Å². The smallest absolute Gasteiger partial charge is 0.0631 e. The maximum absolute atomic E-state index is 10.4. The van der Waals surface area contributed by atoms with E-state index < -0.39 is 0 Å². The Balaban J connectivity index is 2.59. The molecule has 0 aromatic rings. The summed E-state index contributed by atoms with van der Waals surface area (Å²) in [5, 5.41) is 10.4. The van der Waals surface area contributed by atoms with Crippen molar-refractivity contribution < 1.29 is 5.11 Å². The van der Waals surface area contributed by atoms with Gasteiger partial charge < -0.3 is 10.0 Å². The Morgan fingerprint density at radius 1 is 1.38 bits per heavy atom. The molecule has 2 atom stereocenters. The summed E-state index contributed by atoms with van der Waals surface area (Å²) in [4.78, 5) is 2.47. The molecule has 0 aromatic heterocycles. The quantitative estimate of drug-likeness (QED) is 0.798. The highest BCUT2D eigenvalue weighted by atomic mass is 16.3. The molecule has 0 heterocycles. The maximum atomic E-state index is 10.4. The molecule has 16 heavy (non-hydrogen) atoms. The lowest BCUT2D eigenvalue weighted by Crippen LogP contribution is -2.46. The van der Waals surface area contributed by atoms with E-state index in [0.29, 0.717) is 12.0 Å². The Bertz CT molecular complexity index is 213. The van der Waals surface area contributed by atoms with E-state index in [4.69, 9.17) is 0 Å². The summed E-state index contributed by atoms with van der Waals surface area (Å²) < 4.78 is 0. The fourth-order valence-electron chi connectivity index (χ4n) is 2.96. The highest BCUT2D eigenvalue weighted by molar-refractivity contribution is 4.89. The Hall–Kier alpha value is -0.0800. The van der Waals surface area contributed by atoms with Crippen LogP contribution in [-0.4, -0.2) is 35.2 Å². The van der Waals surface area contributed by atoms with Gasteiger partial charge in [-0.2, -0.15) is 0 Å². The first kappa shape index (κ1) is 14.0. The monoisotopic (exact) mass is 227 g/mol. The maximum Gasteiger partial charge on any atom is 0.0631 e. The van der Waals surface area contributed by atoms with Crippen LogP contribution in [0.4, 0.5) is 0 Å². The summed E-state index contributed by atoms with van der Waals surface area (Å²) in [7, 11) is 0. The largest absolute Gasteiger partial charge is 0.392 e. The van der Waals surface area contributed by atoms with E-state index in [0.717, 1.165) is 13.1 Å². The van der Waals surface area contributed by atoms with Gasteiger partial charge in [-0.05, 0) is 44.6 Å². The number of rotatable bonds is 4. The fraction of sp³-hybridized carbons (Fsp3) is 1.00. The van der Waals surface area contributed by atoms with E-state index in [9.17, 15) is 5.11 Å². The third-order valence-electron chi connectivity index (χ3n) is 4.25. The molecule has 1 aliphatic rings. The second-order valence-corrected chi connectivity index (χ2v) is 6.27. The van der Waals surface area contributed by atoms with Crippen LogP contribution >= 0.6 is 0 Å². The highest BCUT2D eigenvalue weighted by Gasteiger charge is 2.38. The van der Waals surface area contributed by atoms with Crippen LogP contribution in [0.5, 0.6) is 0 Å². The molecule has 0 saturated heterocycles. The molecule has 2 unspecified atom stereocenters. The Morgan fingerprint density at radius 2 is 2.00 bits per heavy atom. The third kappa shape index (κ3) is 3.21. The number of nitrogens with zero attached hydrogens (tertiary/aromatic N) is 1. The van der Waals surface area contributed by atoms with Gasteiger partial charge in [0, 0.05) is 12.6 Å². The summed E-state index contributed by atoms with van der Waals surface area (Å²) in [5.74, 6) is 0.464. The average molecular weight is 227 g/mol. The van der Waals surface area contributed by atoms with Gasteiger partial charge >= 0.3 is 0 Å². The third-order valence-corrected chi connectivity index (χ3v) is 4.25. The molecule has 2 nitrogen and oxygen atoms in total. The zero-order chi connectivity index (χ0) is 12.3. The molecule has 0 radical (unpaired) electrons. The molecular weight excluding hydrogens is 198 g/mol. The number of aliphatic hydroxyl groups excluding tert-OH is 1. The van der Waals surface area contributed by atoms with E-state index in [1.165, 1.54) is 19.3 Å². The first-order chi connectivity index (χ1) is 7.38. The van der Waals surface area contributed by atoms with Crippen molar-refractivity contribution in [3.05, 3.63) is 0 Å². The van der Waals surface area contributed by atoms with Crippen LogP contribution in [0.2, 0.25) is 0 Å². The first-order valence-electron chi connectivity index (χ1n) is 6.80. The Labute approximate surface area is 101 Å². The van der Waals surface area contributed by atoms with Crippen LogP contribution in [0.1, 0.15) is 53.9 Å². The lowest BCUT2D eigenvalue weighted by atomic mass is 9.69. The second-order valence-electron chi connectivity index (χ2n) is 6.27. The van der Waals surface area contributed by atoms with E-state index >= 15 is 0 Å². The molecule has 1 aliphatic carbocycles. The molecule has 0 amide bonds. The lowest BCUT2D eigenvalue weighted by molar-refractivity contribution is -0.0451. The Kier molecular flexibility index (Phi) is 4.81. The van der Waals surface area contributed by atoms with Crippen molar-refractivity contribution in [1.29, 1.82) is 0 Å². The average Bonchev–Trinajstić information content (AvgIpc) is 2.19. The molecule has 0 bridgehead atoms. The minimum atomic E-state index is -0.131. The molecule has 0 aromatic carbocycles. The Morgan fingerprint density at radius 3 is 2.50 bits per heavy atom. The molecule has 0 spiro atoms. The van der Waals surface area contributed by atoms with E-state index in [2.05, 4.69) is 39.5 Å². The van der Waals surface area contributed by atoms with Crippen LogP contribution in [0, 0.1) is 11.3 Å². The minimum Gasteiger partial charge on any atom is -0.392 e. The lowest BCUT2D eigenvalue weighted by Gasteiger charge is -2.43. The predicted molar refractivity (Wildman–Crippen MR) is 69.5 cm³/mol. The molecule has 1 fully saturated rings. The number of hydrogen-bond donors (Lipinski definition) is 1. The van der Waals surface area contributed by atoms with Crippen molar-refractivity contribution in [1.82, 2.24) is 4.90 Å². The van der Waals surface area contributed by atoms with Crippen molar-refractivity contribution in [2.75, 3.05) is 13.1 Å². The summed E-state index contributed by atoms with van der Waals surface area (Å²) in [6.45, 7) is 13.2. The van der Waals surface area contributed by atoms with Gasteiger partial charge in [0.05, 0.1) is 6.10 Å². The summed E-state index contributed by atoms with van der Waals surface area (Å²) >= 11 is 0. The van der Waals surface area contributed by atoms with Gasteiger partial charge in [-0.15, -0.1) is 0 Å². The number of aliphatic hydroxyl groups is 1. The first-order valence-corrected chi connectivity index (χ1v) is 6.80. The summed E-state index contributed by atoms with van der Waals surface area (Å²) in [6.07, 6.45) is 3.49. The van der Waals surface area contributed by atoms with Crippen molar-refractivity contribution >= 4 is 0 Å². The van der Waals surface area contributed by atoms with E-state index in [1.807, 2.05) is 0 Å². The highest BCUT2D eigenvalue weighted by Crippen LogP contribution is 2.39. The SMILES string of the molecule is CCN(CC1CCCC(C)(C)C1O)C(C)C. The van der Waals surface area contributed by atoms with E-state index in [1.54, 1.807) is 0 Å². The van der Waals surface area contributed by atoms with Gasteiger partial charge in [-0.3, -0.25) is 0 Å². The molecule has 96 valence electrons. The van der Waals surface area contributed by atoms with Crippen LogP contribution in [0.15, 0.2) is 0 Å².